The van der Waals surface area contributed by atoms with Crippen molar-refractivity contribution in [1.82, 2.24) is 9.97 Å². The minimum atomic E-state index is -1.26. The quantitative estimate of drug-likeness (QED) is 0.350. The van der Waals surface area contributed by atoms with Crippen molar-refractivity contribution in [1.29, 1.82) is 0 Å². The Balaban J connectivity index is 0.000000235. The second-order valence-electron chi connectivity index (χ2n) is 5.21. The number of hydrogen-bond acceptors (Lipinski definition) is 2. The molecule has 2 aromatic heterocycles. The highest BCUT2D eigenvalue weighted by molar-refractivity contribution is 9.11. The van der Waals surface area contributed by atoms with E-state index < -0.39 is 8.07 Å². The lowest BCUT2D eigenvalue weighted by Crippen LogP contribution is -2.16. The van der Waals surface area contributed by atoms with E-state index in [9.17, 15) is 0 Å². The predicted octanol–water partition coefficient (Wildman–Crippen LogP) is 5.68. The monoisotopic (exact) mass is 488 g/mol. The number of pyridine rings is 2. The fourth-order valence-electron chi connectivity index (χ4n) is 1.13. The maximum atomic E-state index is 4.05. The Bertz CT molecular complexity index is 640. The van der Waals surface area contributed by atoms with Crippen molar-refractivity contribution < 1.29 is 0 Å². The Kier molecular flexibility index (Phi) is 7.81. The number of nitrogens with zero attached hydrogens (tertiary/aromatic N) is 2. The van der Waals surface area contributed by atoms with Crippen molar-refractivity contribution in [3.63, 3.8) is 0 Å². The van der Waals surface area contributed by atoms with Gasteiger partial charge < -0.3 is 0 Å². The largest absolute Gasteiger partial charge is 0.262 e. The summed E-state index contributed by atoms with van der Waals surface area (Å²) in [6, 6.07) is 3.92. The topological polar surface area (TPSA) is 25.8 Å². The van der Waals surface area contributed by atoms with Crippen LogP contribution in [0.5, 0.6) is 0 Å². The molecule has 0 saturated carbocycles. The number of aromatic nitrogens is 2. The van der Waals surface area contributed by atoms with Gasteiger partial charge in [0.05, 0.1) is 0 Å². The summed E-state index contributed by atoms with van der Waals surface area (Å²) in [5, 5.41) is 0. The smallest absolute Gasteiger partial charge is 0.129 e. The first kappa shape index (κ1) is 18.6. The van der Waals surface area contributed by atoms with Gasteiger partial charge in [0.15, 0.2) is 0 Å². The third-order valence-electron chi connectivity index (χ3n) is 1.96. The van der Waals surface area contributed by atoms with E-state index in [1.807, 2.05) is 12.1 Å². The van der Waals surface area contributed by atoms with Crippen LogP contribution in [-0.4, -0.2) is 18.0 Å². The molecule has 6 heteroatoms. The molecule has 0 aliphatic heterocycles. The third-order valence-corrected chi connectivity index (χ3v) is 4.13. The third kappa shape index (κ3) is 9.20. The first-order chi connectivity index (χ1) is 9.76. The van der Waals surface area contributed by atoms with Crippen LogP contribution in [0.15, 0.2) is 50.3 Å². The Hall–Kier alpha value is -0.483. The van der Waals surface area contributed by atoms with Crippen molar-refractivity contribution in [2.75, 3.05) is 0 Å². The van der Waals surface area contributed by atoms with Gasteiger partial charge in [0, 0.05) is 43.8 Å². The maximum Gasteiger partial charge on any atom is 0.129 e. The minimum Gasteiger partial charge on any atom is -0.262 e. The van der Waals surface area contributed by atoms with Crippen LogP contribution in [0.1, 0.15) is 5.56 Å². The molecule has 0 bridgehead atoms. The van der Waals surface area contributed by atoms with E-state index in [1.165, 1.54) is 0 Å². The van der Waals surface area contributed by atoms with Gasteiger partial charge in [-0.1, -0.05) is 25.6 Å². The average Bonchev–Trinajstić information content (AvgIpc) is 2.36. The van der Waals surface area contributed by atoms with Gasteiger partial charge >= 0.3 is 0 Å². The van der Waals surface area contributed by atoms with E-state index in [4.69, 9.17) is 0 Å². The molecule has 0 N–H and O–H groups in total. The van der Waals surface area contributed by atoms with E-state index in [1.54, 1.807) is 24.8 Å². The zero-order valence-corrected chi connectivity index (χ0v) is 17.8. The molecule has 0 fully saturated rings. The number of rotatable bonds is 0. The fourth-order valence-corrected chi connectivity index (χ4v) is 3.05. The lowest BCUT2D eigenvalue weighted by molar-refractivity contribution is 1.29. The summed E-state index contributed by atoms with van der Waals surface area (Å²) >= 11 is 9.90. The molecular formula is C15H15Br3N2Si. The SMILES string of the molecule is Brc1cncc(Br)c1.C[Si](C)(C)C#Cc1cncc(Br)c1. The van der Waals surface area contributed by atoms with Gasteiger partial charge in [-0.2, -0.15) is 0 Å². The van der Waals surface area contributed by atoms with Crippen LogP contribution in [0.4, 0.5) is 0 Å². The molecule has 0 unspecified atom stereocenters. The summed E-state index contributed by atoms with van der Waals surface area (Å²) in [7, 11) is -1.26. The van der Waals surface area contributed by atoms with Gasteiger partial charge in [0.1, 0.15) is 8.07 Å². The summed E-state index contributed by atoms with van der Waals surface area (Å²) in [4.78, 5) is 7.94. The van der Waals surface area contributed by atoms with E-state index >= 15 is 0 Å². The molecule has 0 atom stereocenters. The van der Waals surface area contributed by atoms with E-state index in [0.717, 1.165) is 19.0 Å². The Morgan fingerprint density at radius 2 is 1.29 bits per heavy atom. The van der Waals surface area contributed by atoms with E-state index in [-0.39, 0.29) is 0 Å². The van der Waals surface area contributed by atoms with Gasteiger partial charge in [-0.15, -0.1) is 5.54 Å². The number of halogens is 3. The molecular weight excluding hydrogens is 476 g/mol. The van der Waals surface area contributed by atoms with Gasteiger partial charge in [0.2, 0.25) is 0 Å². The highest BCUT2D eigenvalue weighted by atomic mass is 79.9. The van der Waals surface area contributed by atoms with Crippen LogP contribution in [0, 0.1) is 11.5 Å². The van der Waals surface area contributed by atoms with Gasteiger partial charge in [-0.25, -0.2) is 0 Å². The average molecular weight is 491 g/mol. The molecule has 0 aliphatic carbocycles. The van der Waals surface area contributed by atoms with Gasteiger partial charge in [-0.3, -0.25) is 9.97 Å². The van der Waals surface area contributed by atoms with Crippen LogP contribution < -0.4 is 0 Å². The normalized spacial score (nSPS) is 10.0. The van der Waals surface area contributed by atoms with E-state index in [0.29, 0.717) is 0 Å². The van der Waals surface area contributed by atoms with Crippen LogP contribution in [0.2, 0.25) is 19.6 Å². The molecule has 0 aliphatic rings. The Morgan fingerprint density at radius 3 is 1.67 bits per heavy atom. The highest BCUT2D eigenvalue weighted by Crippen LogP contribution is 2.13. The minimum absolute atomic E-state index is 0.981. The summed E-state index contributed by atoms with van der Waals surface area (Å²) in [6.07, 6.45) is 7.03. The van der Waals surface area contributed by atoms with E-state index in [2.05, 4.69) is 88.9 Å². The zero-order valence-electron chi connectivity index (χ0n) is 12.0. The van der Waals surface area contributed by atoms with Crippen molar-refractivity contribution >= 4 is 55.9 Å². The van der Waals surface area contributed by atoms with Gasteiger partial charge in [0.25, 0.3) is 0 Å². The summed E-state index contributed by atoms with van der Waals surface area (Å²) in [5.74, 6) is 3.14. The first-order valence-electron chi connectivity index (χ1n) is 6.16. The van der Waals surface area contributed by atoms with Crippen LogP contribution >= 0.6 is 47.8 Å². The summed E-state index contributed by atoms with van der Waals surface area (Å²) in [5.41, 5.74) is 4.28. The van der Waals surface area contributed by atoms with Crippen molar-refractivity contribution in [3.05, 3.63) is 55.9 Å². The molecule has 0 amide bonds. The van der Waals surface area contributed by atoms with Crippen LogP contribution in [0.3, 0.4) is 0 Å². The molecule has 21 heavy (non-hydrogen) atoms. The molecule has 2 rings (SSSR count). The Morgan fingerprint density at radius 1 is 0.810 bits per heavy atom. The fraction of sp³-hybridized carbons (Fsp3) is 0.200. The second-order valence-corrected chi connectivity index (χ2v) is 12.7. The number of hydrogen-bond donors (Lipinski definition) is 0. The highest BCUT2D eigenvalue weighted by Gasteiger charge is 2.07. The summed E-state index contributed by atoms with van der Waals surface area (Å²) < 4.78 is 2.97. The molecule has 0 saturated heterocycles. The van der Waals surface area contributed by atoms with Crippen LogP contribution in [0.25, 0.3) is 0 Å². The zero-order chi connectivity index (χ0) is 15.9. The molecule has 2 aromatic rings. The molecule has 0 aromatic carbocycles. The molecule has 0 radical (unpaired) electrons. The Labute approximate surface area is 152 Å². The van der Waals surface area contributed by atoms with Gasteiger partial charge in [-0.05, 0) is 59.9 Å². The lowest BCUT2D eigenvalue weighted by atomic mass is 10.3. The first-order valence-corrected chi connectivity index (χ1v) is 12.0. The van der Waals surface area contributed by atoms with Crippen molar-refractivity contribution in [2.45, 2.75) is 19.6 Å². The second kappa shape index (κ2) is 8.84. The molecule has 2 heterocycles. The molecule has 0 spiro atoms. The maximum absolute atomic E-state index is 4.05. The molecule has 110 valence electrons. The van der Waals surface area contributed by atoms with Crippen LogP contribution in [-0.2, 0) is 0 Å². The predicted molar refractivity (Wildman–Crippen MR) is 102 cm³/mol. The lowest BCUT2D eigenvalue weighted by Gasteiger charge is -2.03. The van der Waals surface area contributed by atoms with Crippen molar-refractivity contribution in [2.24, 2.45) is 0 Å². The van der Waals surface area contributed by atoms with Crippen molar-refractivity contribution in [3.8, 4) is 11.5 Å². The molecule has 2 nitrogen and oxygen atoms in total. The summed E-state index contributed by atoms with van der Waals surface area (Å²) in [6.45, 7) is 6.68. The standard InChI is InChI=1S/C10H12BrNSi.C5H3Br2N/c1-13(2,3)5-4-9-6-10(11)8-12-7-9;6-4-1-5(7)3-8-2-4/h6-8H,1-3H3;1-3H.